The van der Waals surface area contributed by atoms with Gasteiger partial charge in [-0.15, -0.1) is 0 Å². The number of hydrogen-bond donors (Lipinski definition) is 4. The quantitative estimate of drug-likeness (QED) is 0.648. The maximum absolute atomic E-state index is 13.0. The van der Waals surface area contributed by atoms with E-state index in [0.717, 1.165) is 31.2 Å². The van der Waals surface area contributed by atoms with Crippen molar-refractivity contribution in [2.75, 3.05) is 18.4 Å². The average molecular weight is 383 g/mol. The third-order valence-corrected chi connectivity index (χ3v) is 6.04. The molecule has 2 aliphatic rings. The number of carbonyl (C=O) groups is 1. The predicted molar refractivity (Wildman–Crippen MR) is 111 cm³/mol. The van der Waals surface area contributed by atoms with E-state index in [1.54, 1.807) is 13.1 Å². The molecule has 2 aromatic heterocycles. The first-order valence-corrected chi connectivity index (χ1v) is 10.4. The molecule has 0 bridgehead atoms. The molecule has 3 heterocycles. The molecule has 7 heteroatoms. The van der Waals surface area contributed by atoms with E-state index in [-0.39, 0.29) is 23.4 Å². The second kappa shape index (κ2) is 8.31. The molecule has 0 radical (unpaired) electrons. The molecule has 0 aromatic carbocycles. The van der Waals surface area contributed by atoms with Crippen molar-refractivity contribution in [1.82, 2.24) is 20.6 Å². The third kappa shape index (κ3) is 4.04. The monoisotopic (exact) mass is 383 g/mol. The molecule has 0 spiro atoms. The van der Waals surface area contributed by atoms with E-state index in [4.69, 9.17) is 0 Å². The normalized spacial score (nSPS) is 23.5. The standard InChI is InChI=1S/C21H29N5O2/c1-13-11-14-7-10-23-19(18(14)26-20(13)27)25-17-8-9-22-12-16(17)21(28)24-15-5-3-2-4-6-15/h7,10-11,15-17,22H,2-6,8-9,12H2,1H3,(H,23,25)(H,24,28)(H,26,27)/t16-,17+/m0/s1. The van der Waals surface area contributed by atoms with Gasteiger partial charge in [0.15, 0.2) is 5.82 Å². The van der Waals surface area contributed by atoms with Crippen LogP contribution in [0.4, 0.5) is 5.82 Å². The largest absolute Gasteiger partial charge is 0.365 e. The highest BCUT2D eigenvalue weighted by Crippen LogP contribution is 2.24. The number of hydrogen-bond acceptors (Lipinski definition) is 5. The van der Waals surface area contributed by atoms with E-state index in [9.17, 15) is 9.59 Å². The molecule has 7 nitrogen and oxygen atoms in total. The molecule has 4 rings (SSSR count). The number of carbonyl (C=O) groups excluding carboxylic acids is 1. The van der Waals surface area contributed by atoms with Crippen LogP contribution in [-0.4, -0.2) is 41.0 Å². The van der Waals surface area contributed by atoms with Crippen molar-refractivity contribution in [3.8, 4) is 0 Å². The number of nitrogens with zero attached hydrogens (tertiary/aromatic N) is 1. The number of anilines is 1. The van der Waals surface area contributed by atoms with Crippen molar-refractivity contribution >= 4 is 22.6 Å². The van der Waals surface area contributed by atoms with Gasteiger partial charge < -0.3 is 20.9 Å². The van der Waals surface area contributed by atoms with Gasteiger partial charge in [0.2, 0.25) is 5.91 Å². The fraction of sp³-hybridized carbons (Fsp3) is 0.571. The molecule has 1 aliphatic heterocycles. The van der Waals surface area contributed by atoms with E-state index >= 15 is 0 Å². The minimum atomic E-state index is -0.162. The molecular formula is C21H29N5O2. The van der Waals surface area contributed by atoms with E-state index < -0.39 is 0 Å². The summed E-state index contributed by atoms with van der Waals surface area (Å²) >= 11 is 0. The Morgan fingerprint density at radius 1 is 1.21 bits per heavy atom. The first-order valence-electron chi connectivity index (χ1n) is 10.4. The van der Waals surface area contributed by atoms with Gasteiger partial charge >= 0.3 is 0 Å². The van der Waals surface area contributed by atoms with Crippen LogP contribution >= 0.6 is 0 Å². The number of aryl methyl sites for hydroxylation is 1. The van der Waals surface area contributed by atoms with Crippen molar-refractivity contribution in [3.05, 3.63) is 34.2 Å². The van der Waals surface area contributed by atoms with Gasteiger partial charge in [0.1, 0.15) is 0 Å². The molecule has 1 saturated heterocycles. The Morgan fingerprint density at radius 3 is 2.86 bits per heavy atom. The Bertz CT molecular complexity index is 903. The summed E-state index contributed by atoms with van der Waals surface area (Å²) < 4.78 is 0. The lowest BCUT2D eigenvalue weighted by Gasteiger charge is -2.34. The summed E-state index contributed by atoms with van der Waals surface area (Å²) in [6.45, 7) is 3.30. The van der Waals surface area contributed by atoms with Gasteiger partial charge in [0, 0.05) is 35.8 Å². The number of amides is 1. The molecule has 1 aliphatic carbocycles. The Morgan fingerprint density at radius 2 is 2.04 bits per heavy atom. The fourth-order valence-corrected chi connectivity index (χ4v) is 4.39. The molecule has 2 atom stereocenters. The Balaban J connectivity index is 1.53. The summed E-state index contributed by atoms with van der Waals surface area (Å²) in [6.07, 6.45) is 8.39. The maximum Gasteiger partial charge on any atom is 0.251 e. The Kier molecular flexibility index (Phi) is 5.62. The number of H-pyrrole nitrogens is 1. The smallest absolute Gasteiger partial charge is 0.251 e. The van der Waals surface area contributed by atoms with Gasteiger partial charge in [-0.3, -0.25) is 9.59 Å². The highest BCUT2D eigenvalue weighted by Gasteiger charge is 2.32. The number of nitrogens with one attached hydrogen (secondary N) is 4. The van der Waals surface area contributed by atoms with Crippen molar-refractivity contribution in [3.63, 3.8) is 0 Å². The number of aromatic amines is 1. The highest BCUT2D eigenvalue weighted by atomic mass is 16.2. The van der Waals surface area contributed by atoms with E-state index in [1.807, 2.05) is 12.1 Å². The lowest BCUT2D eigenvalue weighted by Crippen LogP contribution is -2.53. The second-order valence-corrected chi connectivity index (χ2v) is 8.10. The summed E-state index contributed by atoms with van der Waals surface area (Å²) in [6, 6.07) is 4.04. The van der Waals surface area contributed by atoms with E-state index in [2.05, 4.69) is 25.9 Å². The number of rotatable bonds is 4. The van der Waals surface area contributed by atoms with E-state index in [1.165, 1.54) is 19.3 Å². The van der Waals surface area contributed by atoms with Crippen LogP contribution in [0.5, 0.6) is 0 Å². The molecule has 1 saturated carbocycles. The van der Waals surface area contributed by atoms with Crippen LogP contribution in [0.2, 0.25) is 0 Å². The molecule has 28 heavy (non-hydrogen) atoms. The number of aromatic nitrogens is 2. The second-order valence-electron chi connectivity index (χ2n) is 8.10. The first kappa shape index (κ1) is 18.9. The summed E-state index contributed by atoms with van der Waals surface area (Å²) in [7, 11) is 0. The van der Waals surface area contributed by atoms with Crippen LogP contribution in [0.1, 0.15) is 44.1 Å². The van der Waals surface area contributed by atoms with Gasteiger partial charge in [-0.1, -0.05) is 19.3 Å². The Hall–Kier alpha value is -2.41. The van der Waals surface area contributed by atoms with E-state index in [0.29, 0.717) is 29.5 Å². The zero-order chi connectivity index (χ0) is 19.5. The van der Waals surface area contributed by atoms with Crippen molar-refractivity contribution in [2.45, 2.75) is 57.5 Å². The van der Waals surface area contributed by atoms with Crippen LogP contribution in [0.15, 0.2) is 23.1 Å². The minimum Gasteiger partial charge on any atom is -0.365 e. The first-order chi connectivity index (χ1) is 13.6. The van der Waals surface area contributed by atoms with Gasteiger partial charge in [0.25, 0.3) is 5.56 Å². The molecule has 2 aromatic rings. The van der Waals surface area contributed by atoms with Crippen molar-refractivity contribution in [1.29, 1.82) is 0 Å². The predicted octanol–water partition coefficient (Wildman–Crippen LogP) is 2.07. The summed E-state index contributed by atoms with van der Waals surface area (Å²) in [5.41, 5.74) is 1.26. The third-order valence-electron chi connectivity index (χ3n) is 6.04. The highest BCUT2D eigenvalue weighted by molar-refractivity contribution is 5.89. The lowest BCUT2D eigenvalue weighted by atomic mass is 9.90. The zero-order valence-corrected chi connectivity index (χ0v) is 16.4. The molecule has 150 valence electrons. The number of fused-ring (bicyclic) bond motifs is 1. The SMILES string of the molecule is Cc1cc2ccnc(N[C@@H]3CCNC[C@@H]3C(=O)NC3CCCCC3)c2[nH]c1=O. The van der Waals surface area contributed by atoms with Gasteiger partial charge in [-0.05, 0) is 44.9 Å². The molecule has 0 unspecified atom stereocenters. The molecule has 2 fully saturated rings. The van der Waals surface area contributed by atoms with Gasteiger partial charge in [-0.25, -0.2) is 4.98 Å². The Labute approximate surface area is 164 Å². The van der Waals surface area contributed by atoms with Crippen LogP contribution < -0.4 is 21.5 Å². The van der Waals surface area contributed by atoms with Crippen molar-refractivity contribution < 1.29 is 4.79 Å². The van der Waals surface area contributed by atoms with Gasteiger partial charge in [-0.2, -0.15) is 0 Å². The zero-order valence-electron chi connectivity index (χ0n) is 16.4. The summed E-state index contributed by atoms with van der Waals surface area (Å²) in [4.78, 5) is 32.4. The van der Waals surface area contributed by atoms with Gasteiger partial charge in [0.05, 0.1) is 11.4 Å². The maximum atomic E-state index is 13.0. The molecule has 4 N–H and O–H groups in total. The van der Waals surface area contributed by atoms with Crippen LogP contribution in [0.3, 0.4) is 0 Å². The van der Waals surface area contributed by atoms with Crippen LogP contribution in [0, 0.1) is 12.8 Å². The minimum absolute atomic E-state index is 0.0206. The van der Waals surface area contributed by atoms with Crippen LogP contribution in [-0.2, 0) is 4.79 Å². The van der Waals surface area contributed by atoms with Crippen LogP contribution in [0.25, 0.3) is 10.9 Å². The average Bonchev–Trinajstić information content (AvgIpc) is 2.70. The topological polar surface area (TPSA) is 98.9 Å². The van der Waals surface area contributed by atoms with Crippen molar-refractivity contribution in [2.24, 2.45) is 5.92 Å². The molecule has 1 amide bonds. The summed E-state index contributed by atoms with van der Waals surface area (Å²) in [5, 5.41) is 11.0. The number of pyridine rings is 2. The lowest BCUT2D eigenvalue weighted by molar-refractivity contribution is -0.126. The fourth-order valence-electron chi connectivity index (χ4n) is 4.39. The number of piperidine rings is 1. The summed E-state index contributed by atoms with van der Waals surface area (Å²) in [5.74, 6) is 0.586. The molecular weight excluding hydrogens is 354 g/mol.